The molecule has 0 aliphatic carbocycles. The summed E-state index contributed by atoms with van der Waals surface area (Å²) >= 11 is 0. The second kappa shape index (κ2) is 8.15. The van der Waals surface area contributed by atoms with E-state index in [1.807, 2.05) is 47.2 Å². The van der Waals surface area contributed by atoms with Gasteiger partial charge in [0.2, 0.25) is 5.91 Å². The zero-order chi connectivity index (χ0) is 17.5. The number of methoxy groups -OCH3 is 1. The van der Waals surface area contributed by atoms with Crippen molar-refractivity contribution in [2.75, 3.05) is 7.11 Å². The Hall–Kier alpha value is -3.08. The number of aromatic nitrogens is 2. The van der Waals surface area contributed by atoms with E-state index in [-0.39, 0.29) is 5.91 Å². The molecule has 1 N–H and O–H groups in total. The van der Waals surface area contributed by atoms with Gasteiger partial charge in [-0.3, -0.25) is 4.79 Å². The summed E-state index contributed by atoms with van der Waals surface area (Å²) in [4.78, 5) is 16.2. The summed E-state index contributed by atoms with van der Waals surface area (Å²) in [5.41, 5.74) is 3.19. The quantitative estimate of drug-likeness (QED) is 0.722. The first-order valence-corrected chi connectivity index (χ1v) is 8.16. The van der Waals surface area contributed by atoms with Crippen LogP contribution >= 0.6 is 0 Å². The summed E-state index contributed by atoms with van der Waals surface area (Å²) in [6.45, 7) is 1.28. The molecule has 0 atom stereocenters. The molecule has 0 bridgehead atoms. The van der Waals surface area contributed by atoms with E-state index >= 15 is 0 Å². The maximum absolute atomic E-state index is 12.2. The first-order chi connectivity index (χ1) is 12.2. The maximum atomic E-state index is 12.2. The fraction of sp³-hybridized carbons (Fsp3) is 0.200. The van der Waals surface area contributed by atoms with Crippen LogP contribution in [-0.4, -0.2) is 22.6 Å². The van der Waals surface area contributed by atoms with Crippen LogP contribution in [0.25, 0.3) is 0 Å². The SMILES string of the molecule is COc1cccc(CC(=O)NCc2cccc(Cn3ccnc3)c2)c1. The Balaban J connectivity index is 1.54. The molecule has 1 aromatic heterocycles. The molecule has 0 saturated carbocycles. The molecule has 0 saturated heterocycles. The summed E-state index contributed by atoms with van der Waals surface area (Å²) in [7, 11) is 1.62. The first kappa shape index (κ1) is 16.8. The number of nitrogens with one attached hydrogen (secondary N) is 1. The van der Waals surface area contributed by atoms with Gasteiger partial charge >= 0.3 is 0 Å². The van der Waals surface area contributed by atoms with Gasteiger partial charge < -0.3 is 14.6 Å². The minimum Gasteiger partial charge on any atom is -0.497 e. The highest BCUT2D eigenvalue weighted by atomic mass is 16.5. The zero-order valence-corrected chi connectivity index (χ0v) is 14.2. The fourth-order valence-corrected chi connectivity index (χ4v) is 2.66. The fourth-order valence-electron chi connectivity index (χ4n) is 2.66. The molecule has 0 unspecified atom stereocenters. The first-order valence-electron chi connectivity index (χ1n) is 8.16. The van der Waals surface area contributed by atoms with E-state index in [1.54, 1.807) is 19.6 Å². The lowest BCUT2D eigenvalue weighted by atomic mass is 10.1. The molecule has 5 heteroatoms. The Morgan fingerprint density at radius 1 is 1.12 bits per heavy atom. The maximum Gasteiger partial charge on any atom is 0.224 e. The Kier molecular flexibility index (Phi) is 5.46. The van der Waals surface area contributed by atoms with Crippen molar-refractivity contribution in [3.8, 4) is 5.75 Å². The van der Waals surface area contributed by atoms with Gasteiger partial charge in [-0.25, -0.2) is 4.98 Å². The number of hydrogen-bond acceptors (Lipinski definition) is 3. The predicted octanol–water partition coefficient (Wildman–Crippen LogP) is 2.80. The van der Waals surface area contributed by atoms with Crippen molar-refractivity contribution in [3.05, 3.63) is 83.9 Å². The van der Waals surface area contributed by atoms with Gasteiger partial charge in [-0.1, -0.05) is 36.4 Å². The van der Waals surface area contributed by atoms with E-state index in [9.17, 15) is 4.79 Å². The predicted molar refractivity (Wildman–Crippen MR) is 96.3 cm³/mol. The molecular weight excluding hydrogens is 314 g/mol. The van der Waals surface area contributed by atoms with Gasteiger partial charge in [0.1, 0.15) is 5.75 Å². The number of nitrogens with zero attached hydrogens (tertiary/aromatic N) is 2. The highest BCUT2D eigenvalue weighted by molar-refractivity contribution is 5.78. The minimum atomic E-state index is -0.00624. The number of imidazole rings is 1. The average molecular weight is 335 g/mol. The van der Waals surface area contributed by atoms with E-state index in [0.29, 0.717) is 13.0 Å². The molecule has 2 aromatic carbocycles. The van der Waals surface area contributed by atoms with E-state index in [1.165, 1.54) is 5.56 Å². The van der Waals surface area contributed by atoms with E-state index < -0.39 is 0 Å². The van der Waals surface area contributed by atoms with Crippen LogP contribution in [0, 0.1) is 0 Å². The van der Waals surface area contributed by atoms with Crippen LogP contribution in [0.2, 0.25) is 0 Å². The summed E-state index contributed by atoms with van der Waals surface area (Å²) in [6.07, 6.45) is 5.83. The van der Waals surface area contributed by atoms with Gasteiger partial charge in [-0.2, -0.15) is 0 Å². The van der Waals surface area contributed by atoms with Crippen LogP contribution in [0.5, 0.6) is 5.75 Å². The number of carbonyl (C=O) groups is 1. The number of amides is 1. The third-order valence-electron chi connectivity index (χ3n) is 3.90. The van der Waals surface area contributed by atoms with E-state index in [0.717, 1.165) is 23.4 Å². The third-order valence-corrected chi connectivity index (χ3v) is 3.90. The van der Waals surface area contributed by atoms with Crippen LogP contribution in [0.4, 0.5) is 0 Å². The third kappa shape index (κ3) is 4.94. The van der Waals surface area contributed by atoms with Crippen LogP contribution in [0.1, 0.15) is 16.7 Å². The second-order valence-corrected chi connectivity index (χ2v) is 5.86. The number of benzene rings is 2. The summed E-state index contributed by atoms with van der Waals surface area (Å²) < 4.78 is 7.20. The molecule has 1 heterocycles. The number of carbonyl (C=O) groups excluding carboxylic acids is 1. The van der Waals surface area contributed by atoms with Crippen LogP contribution in [0.3, 0.4) is 0 Å². The Labute approximate surface area is 147 Å². The largest absolute Gasteiger partial charge is 0.497 e. The molecule has 128 valence electrons. The normalized spacial score (nSPS) is 10.4. The Bertz CT molecular complexity index is 828. The highest BCUT2D eigenvalue weighted by Crippen LogP contribution is 2.13. The number of hydrogen-bond donors (Lipinski definition) is 1. The monoisotopic (exact) mass is 335 g/mol. The number of ether oxygens (including phenoxy) is 1. The summed E-state index contributed by atoms with van der Waals surface area (Å²) in [5, 5.41) is 2.97. The van der Waals surface area contributed by atoms with Crippen LogP contribution in [0.15, 0.2) is 67.3 Å². The van der Waals surface area contributed by atoms with Crippen molar-refractivity contribution in [2.45, 2.75) is 19.5 Å². The van der Waals surface area contributed by atoms with E-state index in [2.05, 4.69) is 22.4 Å². The molecule has 0 aliphatic heterocycles. The molecule has 3 aromatic rings. The molecule has 3 rings (SSSR count). The van der Waals surface area contributed by atoms with Gasteiger partial charge in [-0.05, 0) is 28.8 Å². The topological polar surface area (TPSA) is 56.1 Å². The molecule has 1 amide bonds. The van der Waals surface area contributed by atoms with Crippen molar-refractivity contribution in [3.63, 3.8) is 0 Å². The van der Waals surface area contributed by atoms with Crippen molar-refractivity contribution in [1.29, 1.82) is 0 Å². The molecule has 25 heavy (non-hydrogen) atoms. The molecule has 0 fully saturated rings. The molecule has 0 aliphatic rings. The van der Waals surface area contributed by atoms with Gasteiger partial charge in [0, 0.05) is 25.5 Å². The van der Waals surface area contributed by atoms with Crippen molar-refractivity contribution in [2.24, 2.45) is 0 Å². The lowest BCUT2D eigenvalue weighted by molar-refractivity contribution is -0.120. The Morgan fingerprint density at radius 3 is 2.72 bits per heavy atom. The van der Waals surface area contributed by atoms with Gasteiger partial charge in [-0.15, -0.1) is 0 Å². The molecule has 0 radical (unpaired) electrons. The van der Waals surface area contributed by atoms with Crippen molar-refractivity contribution in [1.82, 2.24) is 14.9 Å². The van der Waals surface area contributed by atoms with Gasteiger partial charge in [0.05, 0.1) is 19.9 Å². The lowest BCUT2D eigenvalue weighted by Crippen LogP contribution is -2.24. The van der Waals surface area contributed by atoms with Crippen LogP contribution < -0.4 is 10.1 Å². The smallest absolute Gasteiger partial charge is 0.224 e. The Morgan fingerprint density at radius 2 is 1.92 bits per heavy atom. The average Bonchev–Trinajstić information content (AvgIpc) is 3.13. The molecule has 5 nitrogen and oxygen atoms in total. The minimum absolute atomic E-state index is 0.00624. The molecular formula is C20H21N3O2. The van der Waals surface area contributed by atoms with Crippen molar-refractivity contribution < 1.29 is 9.53 Å². The highest BCUT2D eigenvalue weighted by Gasteiger charge is 2.05. The number of rotatable bonds is 7. The van der Waals surface area contributed by atoms with Gasteiger partial charge in [0.15, 0.2) is 0 Å². The molecule has 0 spiro atoms. The summed E-state index contributed by atoms with van der Waals surface area (Å²) in [5.74, 6) is 0.755. The second-order valence-electron chi connectivity index (χ2n) is 5.86. The summed E-state index contributed by atoms with van der Waals surface area (Å²) in [6, 6.07) is 15.8. The standard InChI is InChI=1S/C20H21N3O2/c1-25-19-7-3-4-16(11-19)12-20(24)22-13-17-5-2-6-18(10-17)14-23-9-8-21-15-23/h2-11,15H,12-14H2,1H3,(H,22,24). The van der Waals surface area contributed by atoms with E-state index in [4.69, 9.17) is 4.74 Å². The van der Waals surface area contributed by atoms with Crippen molar-refractivity contribution >= 4 is 5.91 Å². The van der Waals surface area contributed by atoms with Crippen LogP contribution in [-0.2, 0) is 24.3 Å². The lowest BCUT2D eigenvalue weighted by Gasteiger charge is -2.09. The zero-order valence-electron chi connectivity index (χ0n) is 14.2. The van der Waals surface area contributed by atoms with Gasteiger partial charge in [0.25, 0.3) is 0 Å².